The van der Waals surface area contributed by atoms with Crippen molar-refractivity contribution in [2.24, 2.45) is 0 Å². The first-order chi connectivity index (χ1) is 4.70. The Morgan fingerprint density at radius 2 is 2.50 bits per heavy atom. The molecule has 1 heterocycles. The van der Waals surface area contributed by atoms with Crippen LogP contribution in [0.5, 0.6) is 0 Å². The predicted octanol–water partition coefficient (Wildman–Crippen LogP) is 1.10. The molecule has 1 aliphatic heterocycles. The van der Waals surface area contributed by atoms with E-state index in [2.05, 4.69) is 6.58 Å². The zero-order valence-electron chi connectivity index (χ0n) is 6.34. The van der Waals surface area contributed by atoms with Gasteiger partial charge in [0.15, 0.2) is 0 Å². The van der Waals surface area contributed by atoms with E-state index in [0.717, 1.165) is 18.4 Å². The summed E-state index contributed by atoms with van der Waals surface area (Å²) in [6, 6.07) is 0. The van der Waals surface area contributed by atoms with Crippen LogP contribution in [0.25, 0.3) is 0 Å². The Kier molecular flexibility index (Phi) is 2.46. The van der Waals surface area contributed by atoms with Gasteiger partial charge in [0.1, 0.15) is 0 Å². The average molecular weight is 142 g/mol. The summed E-state index contributed by atoms with van der Waals surface area (Å²) in [5.74, 6) is 0. The van der Waals surface area contributed by atoms with Crippen molar-refractivity contribution in [1.29, 1.82) is 0 Å². The molecule has 0 saturated carbocycles. The molecule has 2 nitrogen and oxygen atoms in total. The Morgan fingerprint density at radius 3 is 2.90 bits per heavy atom. The normalized spacial score (nSPS) is 32.6. The molecule has 1 rings (SSSR count). The van der Waals surface area contributed by atoms with Gasteiger partial charge in [-0.15, -0.1) is 6.58 Å². The maximum Gasteiger partial charge on any atom is 0.0871 e. The first-order valence-corrected chi connectivity index (χ1v) is 3.64. The molecule has 0 aromatic rings. The van der Waals surface area contributed by atoms with Gasteiger partial charge in [0.25, 0.3) is 0 Å². The van der Waals surface area contributed by atoms with Gasteiger partial charge in [0.2, 0.25) is 0 Å². The summed E-state index contributed by atoms with van der Waals surface area (Å²) in [4.78, 5) is 0. The topological polar surface area (TPSA) is 29.5 Å². The van der Waals surface area contributed by atoms with Gasteiger partial charge >= 0.3 is 0 Å². The highest BCUT2D eigenvalue weighted by molar-refractivity contribution is 4.94. The van der Waals surface area contributed by atoms with Crippen LogP contribution >= 0.6 is 0 Å². The van der Waals surface area contributed by atoms with E-state index >= 15 is 0 Å². The summed E-state index contributed by atoms with van der Waals surface area (Å²) >= 11 is 0. The zero-order chi connectivity index (χ0) is 7.56. The minimum absolute atomic E-state index is 0.0116. The molecule has 0 aliphatic carbocycles. The maximum absolute atomic E-state index is 9.27. The third kappa shape index (κ3) is 1.82. The van der Waals surface area contributed by atoms with Gasteiger partial charge in [0, 0.05) is 6.61 Å². The molecule has 1 fully saturated rings. The second-order valence-electron chi connectivity index (χ2n) is 2.93. The van der Waals surface area contributed by atoms with Gasteiger partial charge in [-0.25, -0.2) is 0 Å². The minimum atomic E-state index is -0.267. The molecular formula is C8H14O2. The quantitative estimate of drug-likeness (QED) is 0.585. The monoisotopic (exact) mass is 142 g/mol. The number of rotatable bonds is 2. The maximum atomic E-state index is 9.27. The van der Waals surface area contributed by atoms with Crippen molar-refractivity contribution in [3.8, 4) is 0 Å². The first-order valence-electron chi connectivity index (χ1n) is 3.64. The van der Waals surface area contributed by atoms with Gasteiger partial charge in [-0.05, 0) is 19.8 Å². The molecule has 2 heteroatoms. The Balaban J connectivity index is 2.33. The van der Waals surface area contributed by atoms with Crippen LogP contribution in [-0.2, 0) is 4.74 Å². The smallest absolute Gasteiger partial charge is 0.0871 e. The summed E-state index contributed by atoms with van der Waals surface area (Å²) < 4.78 is 5.27. The zero-order valence-corrected chi connectivity index (χ0v) is 6.34. The molecule has 0 spiro atoms. The Labute approximate surface area is 61.5 Å². The lowest BCUT2D eigenvalue weighted by Crippen LogP contribution is -2.20. The lowest BCUT2D eigenvalue weighted by molar-refractivity contribution is 0.0431. The number of aliphatic hydroxyl groups is 1. The molecular weight excluding hydrogens is 128 g/mol. The summed E-state index contributed by atoms with van der Waals surface area (Å²) in [6.45, 7) is 6.41. The fourth-order valence-corrected chi connectivity index (χ4v) is 1.18. The fraction of sp³-hybridized carbons (Fsp3) is 0.750. The van der Waals surface area contributed by atoms with E-state index in [4.69, 9.17) is 4.74 Å². The summed E-state index contributed by atoms with van der Waals surface area (Å²) in [5, 5.41) is 9.27. The summed E-state index contributed by atoms with van der Waals surface area (Å²) in [5.41, 5.74) is 1.07. The summed E-state index contributed by atoms with van der Waals surface area (Å²) in [6.07, 6.45) is 1.31. The Bertz CT molecular complexity index is 131. The van der Waals surface area contributed by atoms with Gasteiger partial charge < -0.3 is 9.84 Å². The van der Waals surface area contributed by atoms with E-state index in [1.54, 1.807) is 0 Å². The van der Waals surface area contributed by atoms with E-state index in [9.17, 15) is 5.11 Å². The molecule has 58 valence electrons. The molecule has 0 aromatic heterocycles. The van der Waals surface area contributed by atoms with E-state index < -0.39 is 0 Å². The molecule has 0 aromatic carbocycles. The molecule has 10 heavy (non-hydrogen) atoms. The van der Waals surface area contributed by atoms with Crippen LogP contribution in [0.3, 0.4) is 0 Å². The van der Waals surface area contributed by atoms with Crippen LogP contribution in [0.15, 0.2) is 12.2 Å². The lowest BCUT2D eigenvalue weighted by atomic mass is 10.1. The van der Waals surface area contributed by atoms with Crippen molar-refractivity contribution in [1.82, 2.24) is 0 Å². The highest BCUT2D eigenvalue weighted by Gasteiger charge is 2.25. The number of hydrogen-bond acceptors (Lipinski definition) is 2. The minimum Gasteiger partial charge on any atom is -0.390 e. The Hall–Kier alpha value is -0.340. The lowest BCUT2D eigenvalue weighted by Gasteiger charge is -2.12. The third-order valence-electron chi connectivity index (χ3n) is 1.72. The molecule has 1 saturated heterocycles. The van der Waals surface area contributed by atoms with E-state index in [1.807, 2.05) is 6.92 Å². The van der Waals surface area contributed by atoms with Gasteiger partial charge in [-0.3, -0.25) is 0 Å². The summed E-state index contributed by atoms with van der Waals surface area (Å²) in [7, 11) is 0. The number of ether oxygens (including phenoxy) is 1. The molecule has 1 unspecified atom stereocenters. The van der Waals surface area contributed by atoms with Crippen LogP contribution < -0.4 is 0 Å². The van der Waals surface area contributed by atoms with Gasteiger partial charge in [-0.1, -0.05) is 5.57 Å². The van der Waals surface area contributed by atoms with Crippen LogP contribution in [0.4, 0.5) is 0 Å². The Morgan fingerprint density at radius 1 is 1.80 bits per heavy atom. The van der Waals surface area contributed by atoms with E-state index in [-0.39, 0.29) is 12.2 Å². The SMILES string of the molecule is C=C(C)CC1OCC[C@H]1O. The predicted molar refractivity (Wildman–Crippen MR) is 39.8 cm³/mol. The van der Waals surface area contributed by atoms with Crippen molar-refractivity contribution in [3.63, 3.8) is 0 Å². The van der Waals surface area contributed by atoms with Crippen molar-refractivity contribution >= 4 is 0 Å². The number of aliphatic hydroxyl groups excluding tert-OH is 1. The fourth-order valence-electron chi connectivity index (χ4n) is 1.18. The second kappa shape index (κ2) is 3.17. The van der Waals surface area contributed by atoms with Crippen LogP contribution in [0.2, 0.25) is 0 Å². The van der Waals surface area contributed by atoms with E-state index in [0.29, 0.717) is 6.61 Å². The molecule has 0 radical (unpaired) electrons. The highest BCUT2D eigenvalue weighted by atomic mass is 16.5. The van der Waals surface area contributed by atoms with Crippen molar-refractivity contribution in [2.75, 3.05) is 6.61 Å². The molecule has 0 amide bonds. The van der Waals surface area contributed by atoms with E-state index in [1.165, 1.54) is 0 Å². The van der Waals surface area contributed by atoms with Crippen LogP contribution in [0.1, 0.15) is 19.8 Å². The third-order valence-corrected chi connectivity index (χ3v) is 1.72. The molecule has 2 atom stereocenters. The van der Waals surface area contributed by atoms with Gasteiger partial charge in [0.05, 0.1) is 12.2 Å². The van der Waals surface area contributed by atoms with Crippen LogP contribution in [0, 0.1) is 0 Å². The van der Waals surface area contributed by atoms with Gasteiger partial charge in [-0.2, -0.15) is 0 Å². The molecule has 1 aliphatic rings. The van der Waals surface area contributed by atoms with Crippen LogP contribution in [-0.4, -0.2) is 23.9 Å². The van der Waals surface area contributed by atoms with Crippen molar-refractivity contribution < 1.29 is 9.84 Å². The average Bonchev–Trinajstić information content (AvgIpc) is 2.15. The highest BCUT2D eigenvalue weighted by Crippen LogP contribution is 2.18. The standard InChI is InChI=1S/C8H14O2/c1-6(2)5-8-7(9)3-4-10-8/h7-9H,1,3-5H2,2H3/t7-,8?/m1/s1. The molecule has 0 bridgehead atoms. The van der Waals surface area contributed by atoms with Crippen molar-refractivity contribution in [3.05, 3.63) is 12.2 Å². The first kappa shape index (κ1) is 7.76. The van der Waals surface area contributed by atoms with Crippen molar-refractivity contribution in [2.45, 2.75) is 32.0 Å². The largest absolute Gasteiger partial charge is 0.390 e. The number of hydrogen-bond donors (Lipinski definition) is 1. The molecule has 1 N–H and O–H groups in total. The second-order valence-corrected chi connectivity index (χ2v) is 2.93.